The third kappa shape index (κ3) is 16.0. The Morgan fingerprint density at radius 1 is 0.495 bits per heavy atom. The Bertz CT molecular complexity index is 3740. The highest BCUT2D eigenvalue weighted by molar-refractivity contribution is 7.99. The maximum atomic E-state index is 14.8. The molecule has 11 rings (SSSR count). The minimum atomic E-state index is -3.33. The molecule has 2 fully saturated rings. The van der Waals surface area contributed by atoms with E-state index in [1.807, 2.05) is 146 Å². The van der Waals surface area contributed by atoms with Gasteiger partial charge in [0.05, 0.1) is 37.6 Å². The second-order valence-electron chi connectivity index (χ2n) is 24.0. The smallest absolute Gasteiger partial charge is 0.338 e. The Hall–Kier alpha value is -8.06. The standard InChI is InChI=1S/C76H77NO12SSi/c1-52-40-44-61(45-41-52)90-75-71(83-48-55-28-14-7-15-29-55)70(82-47-54-26-12-6-13-27-54)68(65(87-75)51-85-91(76(3,4)5,62-36-20-10-21-37-62)63-38-22-11-23-39-63)89-74-66(77-53(2)78)69(88-73(80)59-33-18-9-19-34-59)67(64(86-74)50-84-72(79)58-31-16-8-17-32-58)81-49-56-42-43-57-30-24-25-35-60(57)46-56/h6-46,64-71,74-75H,47-51H2,1-5H3,(H,77,78)/t64-,65-,66-,67-,68-,69-,70+,71-,74-,75+/m1/s1. The van der Waals surface area contributed by atoms with Crippen molar-refractivity contribution in [2.45, 2.75) is 125 Å². The van der Waals surface area contributed by atoms with Gasteiger partial charge in [0.25, 0.3) is 8.32 Å². The highest BCUT2D eigenvalue weighted by Crippen LogP contribution is 2.43. The van der Waals surface area contributed by atoms with E-state index < -0.39 is 98.3 Å². The normalized spacial score (nSPS) is 21.8. The fraction of sp³-hybridized carbons (Fsp3) is 0.276. The number of carbonyl (C=O) groups excluding carboxylic acids is 3. The van der Waals surface area contributed by atoms with Crippen LogP contribution in [0, 0.1) is 6.92 Å². The average Bonchev–Trinajstić information content (AvgIpc) is 0.815. The minimum Gasteiger partial charge on any atom is -0.459 e. The van der Waals surface area contributed by atoms with Gasteiger partial charge < -0.3 is 47.6 Å². The molecular formula is C76H77NO12SSi. The lowest BCUT2D eigenvalue weighted by Gasteiger charge is -2.51. The van der Waals surface area contributed by atoms with E-state index in [1.54, 1.807) is 54.6 Å². The lowest BCUT2D eigenvalue weighted by atomic mass is 9.94. The van der Waals surface area contributed by atoms with Crippen molar-refractivity contribution in [3.63, 3.8) is 0 Å². The van der Waals surface area contributed by atoms with Gasteiger partial charge in [0.1, 0.15) is 54.7 Å². The molecule has 2 heterocycles. The first-order valence-electron chi connectivity index (χ1n) is 30.9. The summed E-state index contributed by atoms with van der Waals surface area (Å²) in [7, 11) is -3.33. The first-order valence-corrected chi connectivity index (χ1v) is 33.7. The molecule has 0 aliphatic carbocycles. The van der Waals surface area contributed by atoms with E-state index in [2.05, 4.69) is 81.5 Å². The molecule has 1 N–H and O–H groups in total. The number of ether oxygens (including phenoxy) is 8. The summed E-state index contributed by atoms with van der Waals surface area (Å²) in [5.41, 5.74) is 3.54. The zero-order chi connectivity index (χ0) is 63.2. The Morgan fingerprint density at radius 2 is 0.989 bits per heavy atom. The Morgan fingerprint density at radius 3 is 1.56 bits per heavy atom. The van der Waals surface area contributed by atoms with Gasteiger partial charge in [-0.05, 0) is 92.3 Å². The average molecular weight is 1260 g/mol. The first-order chi connectivity index (χ1) is 44.3. The monoisotopic (exact) mass is 1260 g/mol. The van der Waals surface area contributed by atoms with Crippen molar-refractivity contribution in [1.82, 2.24) is 5.32 Å². The molecule has 0 saturated carbocycles. The Labute approximate surface area is 538 Å². The van der Waals surface area contributed by atoms with Crippen LogP contribution in [-0.4, -0.2) is 99.9 Å². The number of esters is 2. The number of fused-ring (bicyclic) bond motifs is 1. The molecule has 0 unspecified atom stereocenters. The van der Waals surface area contributed by atoms with Gasteiger partial charge in [0.15, 0.2) is 12.4 Å². The van der Waals surface area contributed by atoms with E-state index in [1.165, 1.54) is 18.7 Å². The molecule has 2 aliphatic rings. The van der Waals surface area contributed by atoms with Gasteiger partial charge in [0.2, 0.25) is 5.91 Å². The number of rotatable bonds is 24. The van der Waals surface area contributed by atoms with Crippen LogP contribution in [0.15, 0.2) is 254 Å². The molecule has 91 heavy (non-hydrogen) atoms. The van der Waals surface area contributed by atoms with Crippen LogP contribution < -0.4 is 15.7 Å². The van der Waals surface area contributed by atoms with E-state index in [0.717, 1.165) is 48.3 Å². The van der Waals surface area contributed by atoms with Gasteiger partial charge in [0, 0.05) is 11.8 Å². The van der Waals surface area contributed by atoms with E-state index >= 15 is 0 Å². The Kier molecular flexibility index (Phi) is 21.5. The van der Waals surface area contributed by atoms with Gasteiger partial charge >= 0.3 is 11.9 Å². The zero-order valence-corrected chi connectivity index (χ0v) is 53.6. The highest BCUT2D eigenvalue weighted by atomic mass is 32.2. The van der Waals surface area contributed by atoms with Gasteiger partial charge in [-0.15, -0.1) is 0 Å². The molecule has 2 aliphatic heterocycles. The van der Waals surface area contributed by atoms with Crippen molar-refractivity contribution in [2.75, 3.05) is 13.2 Å². The lowest BCUT2D eigenvalue weighted by molar-refractivity contribution is -0.327. The molecule has 13 nitrogen and oxygen atoms in total. The summed E-state index contributed by atoms with van der Waals surface area (Å²) in [4.78, 5) is 43.8. The van der Waals surface area contributed by atoms with E-state index in [0.29, 0.717) is 5.56 Å². The van der Waals surface area contributed by atoms with Crippen LogP contribution >= 0.6 is 11.8 Å². The number of amides is 1. The molecule has 0 aromatic heterocycles. The van der Waals surface area contributed by atoms with Gasteiger partial charge in [-0.3, -0.25) is 4.79 Å². The van der Waals surface area contributed by atoms with Crippen molar-refractivity contribution in [1.29, 1.82) is 0 Å². The van der Waals surface area contributed by atoms with Crippen LogP contribution in [0.5, 0.6) is 0 Å². The number of thioether (sulfide) groups is 1. The number of aryl methyl sites for hydroxylation is 1. The molecule has 468 valence electrons. The summed E-state index contributed by atoms with van der Waals surface area (Å²) >= 11 is 1.51. The largest absolute Gasteiger partial charge is 0.459 e. The van der Waals surface area contributed by atoms with E-state index in [-0.39, 0.29) is 32.0 Å². The molecular weight excluding hydrogens is 1180 g/mol. The van der Waals surface area contributed by atoms with Crippen LogP contribution in [-0.2, 0) is 66.9 Å². The quantitative estimate of drug-likeness (QED) is 0.0453. The number of carbonyl (C=O) groups is 3. The number of hydrogen-bond acceptors (Lipinski definition) is 13. The molecule has 2 saturated heterocycles. The number of nitrogens with one attached hydrogen (secondary N) is 1. The summed E-state index contributed by atoms with van der Waals surface area (Å²) in [5.74, 6) is -1.80. The summed E-state index contributed by atoms with van der Waals surface area (Å²) in [6.07, 6.45) is -9.20. The maximum absolute atomic E-state index is 14.8. The van der Waals surface area contributed by atoms with Crippen molar-refractivity contribution >= 4 is 59.1 Å². The SMILES string of the molecule is CC(=O)N[C@H]1[C@@H](O[C@H]2[C@H](OCc3ccccc3)[C@@H](OCc3ccccc3)[C@H](Sc3ccc(C)cc3)O[C@@H]2CO[Si](c2ccccc2)(c2ccccc2)C(C)(C)C)O[C@H](COC(=O)c2ccccc2)[C@@H](OCc2ccc3ccccc3c2)[C@@H]1OC(=O)c1ccccc1. The summed E-state index contributed by atoms with van der Waals surface area (Å²) < 4.78 is 64.8. The number of benzene rings is 9. The van der Waals surface area contributed by atoms with Crippen molar-refractivity contribution in [3.8, 4) is 0 Å². The third-order valence-corrected chi connectivity index (χ3v) is 22.7. The van der Waals surface area contributed by atoms with E-state index in [9.17, 15) is 14.4 Å². The van der Waals surface area contributed by atoms with Gasteiger partial charge in [-0.1, -0.05) is 244 Å². The van der Waals surface area contributed by atoms with Crippen LogP contribution in [0.3, 0.4) is 0 Å². The fourth-order valence-electron chi connectivity index (χ4n) is 12.0. The topological polar surface area (TPSA) is 146 Å². The van der Waals surface area contributed by atoms with Crippen LogP contribution in [0.25, 0.3) is 10.8 Å². The predicted molar refractivity (Wildman–Crippen MR) is 355 cm³/mol. The fourth-order valence-corrected chi connectivity index (χ4v) is 17.7. The third-order valence-electron chi connectivity index (χ3n) is 16.5. The van der Waals surface area contributed by atoms with E-state index in [4.69, 9.17) is 42.3 Å². The van der Waals surface area contributed by atoms with Gasteiger partial charge in [-0.25, -0.2) is 9.59 Å². The molecule has 15 heteroatoms. The number of hydrogen-bond donors (Lipinski definition) is 1. The highest BCUT2D eigenvalue weighted by Gasteiger charge is 2.57. The maximum Gasteiger partial charge on any atom is 0.338 e. The molecule has 10 atom stereocenters. The molecule has 0 bridgehead atoms. The van der Waals surface area contributed by atoms with Crippen molar-refractivity contribution in [3.05, 3.63) is 282 Å². The van der Waals surface area contributed by atoms with Crippen molar-refractivity contribution in [2.24, 2.45) is 0 Å². The zero-order valence-electron chi connectivity index (χ0n) is 51.8. The summed E-state index contributed by atoms with van der Waals surface area (Å²) in [6.45, 7) is 9.98. The van der Waals surface area contributed by atoms with Crippen LogP contribution in [0.4, 0.5) is 0 Å². The minimum absolute atomic E-state index is 0.00763. The molecule has 9 aromatic rings. The van der Waals surface area contributed by atoms with Crippen molar-refractivity contribution < 1.29 is 56.7 Å². The second kappa shape index (κ2) is 30.4. The Balaban J connectivity index is 1.07. The van der Waals surface area contributed by atoms with Crippen LogP contribution in [0.1, 0.15) is 70.7 Å². The summed E-state index contributed by atoms with van der Waals surface area (Å²) in [6, 6.07) is 78.8. The molecule has 0 spiro atoms. The van der Waals surface area contributed by atoms with Crippen LogP contribution in [0.2, 0.25) is 5.04 Å². The first kappa shape index (κ1) is 64.5. The summed E-state index contributed by atoms with van der Waals surface area (Å²) in [5, 5.41) is 6.80. The molecule has 1 amide bonds. The predicted octanol–water partition coefficient (Wildman–Crippen LogP) is 13.0. The lowest BCUT2D eigenvalue weighted by Crippen LogP contribution is -2.70. The second-order valence-corrected chi connectivity index (χ2v) is 29.5. The molecule has 9 aromatic carbocycles. The molecule has 0 radical (unpaired) electrons. The van der Waals surface area contributed by atoms with Gasteiger partial charge in [-0.2, -0.15) is 0 Å².